The molecule has 0 bridgehead atoms. The van der Waals surface area contributed by atoms with Crippen molar-refractivity contribution in [2.75, 3.05) is 38.5 Å². The fraction of sp³-hybridized carbons (Fsp3) is 0.459. The number of sulfone groups is 1. The van der Waals surface area contributed by atoms with E-state index in [0.717, 1.165) is 24.3 Å². The number of carbonyl (C=O) groups excluding carboxylic acids is 2. The van der Waals surface area contributed by atoms with Crippen LogP contribution < -0.4 is 0 Å². The summed E-state index contributed by atoms with van der Waals surface area (Å²) in [6, 6.07) is 11.9. The summed E-state index contributed by atoms with van der Waals surface area (Å²) in [4.78, 5) is 35.6. The lowest BCUT2D eigenvalue weighted by Gasteiger charge is -2.37. The molecule has 3 aliphatic heterocycles. The molecule has 3 fully saturated rings. The summed E-state index contributed by atoms with van der Waals surface area (Å²) in [5, 5.41) is 8.93. The zero-order chi connectivity index (χ0) is 37.3. The Morgan fingerprint density at radius 3 is 2.25 bits per heavy atom. The van der Waals surface area contributed by atoms with Gasteiger partial charge in [0.05, 0.1) is 46.6 Å². The van der Waals surface area contributed by atoms with Crippen LogP contribution in [-0.2, 0) is 33.6 Å². The third kappa shape index (κ3) is 8.08. The second-order valence-electron chi connectivity index (χ2n) is 13.9. The number of ether oxygens (including phenoxy) is 1. The number of nitriles is 1. The Labute approximate surface area is 299 Å². The van der Waals surface area contributed by atoms with Gasteiger partial charge in [-0.2, -0.15) is 5.26 Å². The summed E-state index contributed by atoms with van der Waals surface area (Å²) in [5.41, 5.74) is -0.213. The fourth-order valence-corrected chi connectivity index (χ4v) is 8.78. The molecule has 1 spiro atoms. The molecular weight excluding hydrogens is 702 g/mol. The number of carbonyl (C=O) groups is 2. The standard InChI is InChI=1S/C37H39F4N5O5S/c1-2-37(40,41)28-4-7-30(8-5-28)52(49,50)23-25-9-13-45(14-10-25)34(47)27-3-6-29(43-20-27)21-46-24-36(51-35(46)48)11-15-44(16-12-36)22-31-32(38)17-26(19-42)18-33(31)39/h3-8,17-18,20,25H,2,9-16,21-24H2,1H3. The average molecular weight is 742 g/mol. The van der Waals surface area contributed by atoms with Crippen molar-refractivity contribution in [3.63, 3.8) is 0 Å². The number of rotatable bonds is 10. The Balaban J connectivity index is 0.968. The predicted octanol–water partition coefficient (Wildman–Crippen LogP) is 6.05. The van der Waals surface area contributed by atoms with Crippen LogP contribution in [0.15, 0.2) is 59.6 Å². The van der Waals surface area contributed by atoms with Crippen molar-refractivity contribution in [3.05, 3.63) is 94.3 Å². The van der Waals surface area contributed by atoms with Crippen LogP contribution in [-0.4, -0.2) is 84.2 Å². The quantitative estimate of drug-likeness (QED) is 0.231. The molecule has 52 heavy (non-hydrogen) atoms. The second kappa shape index (κ2) is 14.8. The molecule has 3 saturated heterocycles. The van der Waals surface area contributed by atoms with Gasteiger partial charge in [-0.1, -0.05) is 19.1 Å². The highest BCUT2D eigenvalue weighted by atomic mass is 32.2. The summed E-state index contributed by atoms with van der Waals surface area (Å²) < 4.78 is 88.6. The first-order valence-corrected chi connectivity index (χ1v) is 18.9. The molecular formula is C37H39F4N5O5S. The van der Waals surface area contributed by atoms with Crippen LogP contribution in [0.3, 0.4) is 0 Å². The van der Waals surface area contributed by atoms with Gasteiger partial charge in [0.25, 0.3) is 11.8 Å². The number of piperidine rings is 2. The Kier molecular flexibility index (Phi) is 10.6. The van der Waals surface area contributed by atoms with Gasteiger partial charge >= 0.3 is 6.09 Å². The van der Waals surface area contributed by atoms with E-state index in [-0.39, 0.29) is 58.7 Å². The average Bonchev–Trinajstić information content (AvgIpc) is 3.43. The van der Waals surface area contributed by atoms with Gasteiger partial charge in [0, 0.05) is 69.3 Å². The molecule has 3 aliphatic rings. The zero-order valence-corrected chi connectivity index (χ0v) is 29.5. The van der Waals surface area contributed by atoms with Gasteiger partial charge in [-0.3, -0.25) is 19.6 Å². The number of likely N-dealkylation sites (tertiary alicyclic amines) is 2. The number of hydrogen-bond donors (Lipinski definition) is 0. The van der Waals surface area contributed by atoms with Crippen molar-refractivity contribution in [1.82, 2.24) is 19.7 Å². The number of nitrogens with zero attached hydrogens (tertiary/aromatic N) is 5. The van der Waals surface area contributed by atoms with E-state index in [1.807, 2.05) is 4.90 Å². The monoisotopic (exact) mass is 741 g/mol. The van der Waals surface area contributed by atoms with Crippen molar-refractivity contribution in [2.24, 2.45) is 5.92 Å². The van der Waals surface area contributed by atoms with E-state index in [9.17, 15) is 35.6 Å². The second-order valence-corrected chi connectivity index (χ2v) is 15.9. The molecule has 2 aromatic carbocycles. The first-order chi connectivity index (χ1) is 24.7. The van der Waals surface area contributed by atoms with Crippen LogP contribution in [0.25, 0.3) is 0 Å². The van der Waals surface area contributed by atoms with Gasteiger partial charge in [0.1, 0.15) is 17.2 Å². The normalized spacial score (nSPS) is 18.4. The Hall–Kier alpha value is -4.55. The number of aromatic nitrogens is 1. The van der Waals surface area contributed by atoms with E-state index in [0.29, 0.717) is 69.7 Å². The van der Waals surface area contributed by atoms with Crippen LogP contribution >= 0.6 is 0 Å². The van der Waals surface area contributed by atoms with Gasteiger partial charge in [0.2, 0.25) is 0 Å². The Bertz CT molecular complexity index is 1930. The number of hydrogen-bond acceptors (Lipinski definition) is 8. The molecule has 0 aliphatic carbocycles. The van der Waals surface area contributed by atoms with Crippen molar-refractivity contribution in [3.8, 4) is 6.07 Å². The maximum Gasteiger partial charge on any atom is 0.410 e. The maximum absolute atomic E-state index is 14.4. The van der Waals surface area contributed by atoms with Gasteiger partial charge in [0.15, 0.2) is 9.84 Å². The van der Waals surface area contributed by atoms with Gasteiger partial charge in [-0.05, 0) is 55.2 Å². The van der Waals surface area contributed by atoms with Crippen molar-refractivity contribution in [2.45, 2.75) is 68.5 Å². The van der Waals surface area contributed by atoms with Crippen LogP contribution in [0.2, 0.25) is 0 Å². The first-order valence-electron chi connectivity index (χ1n) is 17.2. The molecule has 10 nitrogen and oxygen atoms in total. The fourth-order valence-electron chi connectivity index (χ4n) is 7.08. The van der Waals surface area contributed by atoms with Gasteiger partial charge in [-0.15, -0.1) is 0 Å². The van der Waals surface area contributed by atoms with E-state index < -0.39 is 39.1 Å². The van der Waals surface area contributed by atoms with Crippen LogP contribution in [0.1, 0.15) is 71.8 Å². The number of benzene rings is 2. The van der Waals surface area contributed by atoms with Gasteiger partial charge < -0.3 is 9.64 Å². The molecule has 0 atom stereocenters. The summed E-state index contributed by atoms with van der Waals surface area (Å²) in [5.74, 6) is -5.11. The third-order valence-electron chi connectivity index (χ3n) is 10.3. The molecule has 1 aromatic heterocycles. The van der Waals surface area contributed by atoms with E-state index >= 15 is 0 Å². The molecule has 0 N–H and O–H groups in total. The molecule has 0 unspecified atom stereocenters. The van der Waals surface area contributed by atoms with E-state index in [1.54, 1.807) is 28.0 Å². The summed E-state index contributed by atoms with van der Waals surface area (Å²) in [6.45, 7) is 3.53. The summed E-state index contributed by atoms with van der Waals surface area (Å²) >= 11 is 0. The molecule has 0 radical (unpaired) electrons. The topological polar surface area (TPSA) is 124 Å². The molecule has 4 heterocycles. The highest BCUT2D eigenvalue weighted by Gasteiger charge is 2.47. The summed E-state index contributed by atoms with van der Waals surface area (Å²) in [7, 11) is -3.70. The molecule has 6 rings (SSSR count). The minimum Gasteiger partial charge on any atom is -0.441 e. The minimum atomic E-state index is -3.70. The van der Waals surface area contributed by atoms with Crippen LogP contribution in [0.4, 0.5) is 22.4 Å². The lowest BCUT2D eigenvalue weighted by atomic mass is 9.91. The van der Waals surface area contributed by atoms with Crippen LogP contribution in [0.5, 0.6) is 0 Å². The van der Waals surface area contributed by atoms with E-state index in [2.05, 4.69) is 4.98 Å². The van der Waals surface area contributed by atoms with Crippen molar-refractivity contribution < 1.29 is 40.3 Å². The summed E-state index contributed by atoms with van der Waals surface area (Å²) in [6.07, 6.45) is 2.49. The van der Waals surface area contributed by atoms with Crippen molar-refractivity contribution in [1.29, 1.82) is 5.26 Å². The highest BCUT2D eigenvalue weighted by molar-refractivity contribution is 7.91. The predicted molar refractivity (Wildman–Crippen MR) is 181 cm³/mol. The Morgan fingerprint density at radius 1 is 1.02 bits per heavy atom. The Morgan fingerprint density at radius 2 is 1.67 bits per heavy atom. The molecule has 3 aromatic rings. The smallest absolute Gasteiger partial charge is 0.410 e. The third-order valence-corrected chi connectivity index (χ3v) is 12.2. The van der Waals surface area contributed by atoms with Crippen molar-refractivity contribution >= 4 is 21.8 Å². The lowest BCUT2D eigenvalue weighted by molar-refractivity contribution is -0.00838. The number of halogens is 4. The van der Waals surface area contributed by atoms with Gasteiger partial charge in [-0.25, -0.2) is 30.8 Å². The number of amides is 2. The first kappa shape index (κ1) is 37.2. The SMILES string of the molecule is CCC(F)(F)c1ccc(S(=O)(=O)CC2CCN(C(=O)c3ccc(CN4CC5(CCN(Cc6c(F)cc(C#N)cc6F)CC5)OC4=O)nc3)CC2)cc1. The number of pyridine rings is 1. The largest absolute Gasteiger partial charge is 0.441 e. The highest BCUT2D eigenvalue weighted by Crippen LogP contribution is 2.35. The van der Waals surface area contributed by atoms with E-state index in [4.69, 9.17) is 10.00 Å². The molecule has 276 valence electrons. The minimum absolute atomic E-state index is 0.00213. The molecule has 0 saturated carbocycles. The number of alkyl halides is 2. The zero-order valence-electron chi connectivity index (χ0n) is 28.7. The molecule has 15 heteroatoms. The molecule has 2 amide bonds. The maximum atomic E-state index is 14.4. The van der Waals surface area contributed by atoms with E-state index in [1.165, 1.54) is 25.3 Å². The van der Waals surface area contributed by atoms with Crippen LogP contribution in [0, 0.1) is 28.9 Å². The lowest BCUT2D eigenvalue weighted by Crippen LogP contribution is -2.46.